The summed E-state index contributed by atoms with van der Waals surface area (Å²) in [6.07, 6.45) is 0. The molecule has 0 aliphatic heterocycles. The number of nitrogens with zero attached hydrogens (tertiary/aromatic N) is 3. The Hall–Kier alpha value is -0.850. The molecule has 0 aliphatic carbocycles. The number of hydrogen-bond acceptors (Lipinski definition) is 8. The molecular weight excluding hydrogens is 316 g/mol. The van der Waals surface area contributed by atoms with Gasteiger partial charge in [-0.3, -0.25) is 5.21 Å². The highest BCUT2D eigenvalue weighted by Crippen LogP contribution is 2.42. The highest BCUT2D eigenvalue weighted by molar-refractivity contribution is 8.19. The number of aromatic amines is 1. The molecule has 1 heterocycles. The monoisotopic (exact) mass is 334 g/mol. The SMILES string of the molecule is CCN(CC)N(O)Sc1ccc2nc(S(O)(O)O)[nH]c2c1. The van der Waals surface area contributed by atoms with Gasteiger partial charge >= 0.3 is 0 Å². The second-order valence-corrected chi connectivity index (χ2v) is 6.63. The Morgan fingerprint density at radius 3 is 2.48 bits per heavy atom. The standard InChI is InChI=1S/C11H18N4O4S2/c1-3-14(4-2)15(16)20-8-5-6-9-10(7-8)13-11(12-9)21(17,18)19/h5-7,16-19H,3-4H2,1-2H3,(H,12,13). The normalized spacial score (nSPS) is 13.5. The summed E-state index contributed by atoms with van der Waals surface area (Å²) in [7, 11) is -3.86. The van der Waals surface area contributed by atoms with Crippen LogP contribution in [0.5, 0.6) is 0 Å². The molecule has 0 fully saturated rings. The van der Waals surface area contributed by atoms with Crippen LogP contribution in [0, 0.1) is 0 Å². The lowest BCUT2D eigenvalue weighted by atomic mass is 10.3. The minimum Gasteiger partial charge on any atom is -0.329 e. The molecule has 2 aromatic rings. The molecule has 8 nitrogen and oxygen atoms in total. The van der Waals surface area contributed by atoms with Gasteiger partial charge in [-0.1, -0.05) is 18.4 Å². The predicted molar refractivity (Wildman–Crippen MR) is 82.2 cm³/mol. The molecule has 1 aromatic heterocycles. The number of benzene rings is 1. The Balaban J connectivity index is 2.23. The van der Waals surface area contributed by atoms with Gasteiger partial charge in [0.15, 0.2) is 0 Å². The van der Waals surface area contributed by atoms with Crippen LogP contribution in [0.15, 0.2) is 28.3 Å². The maximum absolute atomic E-state index is 9.95. The van der Waals surface area contributed by atoms with Crippen LogP contribution in [0.25, 0.3) is 11.0 Å². The Morgan fingerprint density at radius 2 is 1.90 bits per heavy atom. The van der Waals surface area contributed by atoms with E-state index in [-0.39, 0.29) is 5.16 Å². The molecule has 0 radical (unpaired) electrons. The van der Waals surface area contributed by atoms with Gasteiger partial charge in [0.2, 0.25) is 5.16 Å². The molecule has 0 spiro atoms. The number of nitrogens with one attached hydrogen (secondary N) is 1. The molecule has 0 atom stereocenters. The maximum Gasteiger partial charge on any atom is 0.222 e. The van der Waals surface area contributed by atoms with Crippen LogP contribution < -0.4 is 0 Å². The summed E-state index contributed by atoms with van der Waals surface area (Å²) in [6.45, 7) is 5.21. The maximum atomic E-state index is 9.95. The van der Waals surface area contributed by atoms with Crippen molar-refractivity contribution < 1.29 is 18.9 Å². The molecule has 0 saturated heterocycles. The molecule has 0 bridgehead atoms. The lowest BCUT2D eigenvalue weighted by Crippen LogP contribution is -2.35. The van der Waals surface area contributed by atoms with E-state index in [2.05, 4.69) is 9.97 Å². The van der Waals surface area contributed by atoms with E-state index in [4.69, 9.17) is 0 Å². The van der Waals surface area contributed by atoms with Crippen molar-refractivity contribution in [3.63, 3.8) is 0 Å². The van der Waals surface area contributed by atoms with Crippen LogP contribution in [0.1, 0.15) is 13.8 Å². The zero-order valence-corrected chi connectivity index (χ0v) is 13.2. The van der Waals surface area contributed by atoms with E-state index in [1.54, 1.807) is 23.2 Å². The Labute approximate surface area is 128 Å². The van der Waals surface area contributed by atoms with Gasteiger partial charge in [0, 0.05) is 29.9 Å². The van der Waals surface area contributed by atoms with Gasteiger partial charge in [0.25, 0.3) is 0 Å². The van der Waals surface area contributed by atoms with E-state index in [0.717, 1.165) is 21.4 Å². The van der Waals surface area contributed by atoms with Crippen LogP contribution in [0.2, 0.25) is 0 Å². The molecule has 21 heavy (non-hydrogen) atoms. The lowest BCUT2D eigenvalue weighted by Gasteiger charge is -2.25. The van der Waals surface area contributed by atoms with Crippen LogP contribution in [-0.2, 0) is 0 Å². The van der Waals surface area contributed by atoms with Gasteiger partial charge in [0.1, 0.15) is 10.9 Å². The van der Waals surface area contributed by atoms with E-state index < -0.39 is 10.9 Å². The molecule has 0 unspecified atom stereocenters. The van der Waals surface area contributed by atoms with E-state index in [0.29, 0.717) is 24.1 Å². The van der Waals surface area contributed by atoms with Crippen molar-refractivity contribution in [1.82, 2.24) is 19.6 Å². The molecule has 0 aliphatic rings. The van der Waals surface area contributed by atoms with Gasteiger partial charge in [-0.05, 0) is 18.2 Å². The van der Waals surface area contributed by atoms with Crippen molar-refractivity contribution in [3.05, 3.63) is 18.2 Å². The first-order valence-electron chi connectivity index (χ1n) is 6.27. The fourth-order valence-corrected chi connectivity index (χ4v) is 3.07. The number of hydrogen-bond donors (Lipinski definition) is 5. The van der Waals surface area contributed by atoms with Crippen molar-refractivity contribution in [2.75, 3.05) is 13.1 Å². The molecular formula is C11H18N4O4S2. The second-order valence-electron chi connectivity index (χ2n) is 4.22. The zero-order valence-electron chi connectivity index (χ0n) is 11.6. The number of hydrazine groups is 1. The number of imidazole rings is 1. The van der Waals surface area contributed by atoms with Crippen LogP contribution >= 0.6 is 22.8 Å². The smallest absolute Gasteiger partial charge is 0.222 e. The topological polar surface area (TPSA) is 116 Å². The highest BCUT2D eigenvalue weighted by atomic mass is 32.3. The van der Waals surface area contributed by atoms with Gasteiger partial charge < -0.3 is 18.6 Å². The average molecular weight is 334 g/mol. The first-order valence-corrected chi connectivity index (χ1v) is 8.55. The number of aromatic nitrogens is 2. The lowest BCUT2D eigenvalue weighted by molar-refractivity contribution is -0.152. The summed E-state index contributed by atoms with van der Waals surface area (Å²) in [5, 5.41) is 11.4. The van der Waals surface area contributed by atoms with E-state index in [1.165, 1.54) is 0 Å². The number of rotatable bonds is 6. The molecule has 5 N–H and O–H groups in total. The molecule has 0 amide bonds. The predicted octanol–water partition coefficient (Wildman–Crippen LogP) is 3.10. The van der Waals surface area contributed by atoms with E-state index >= 15 is 0 Å². The van der Waals surface area contributed by atoms with Crippen LogP contribution in [0.3, 0.4) is 0 Å². The minimum atomic E-state index is -3.86. The number of H-pyrrole nitrogens is 1. The summed E-state index contributed by atoms with van der Waals surface area (Å²) in [5.41, 5.74) is 1.03. The van der Waals surface area contributed by atoms with E-state index in [1.807, 2.05) is 13.8 Å². The third-order valence-corrected chi connectivity index (χ3v) is 4.42. The fraction of sp³-hybridized carbons (Fsp3) is 0.364. The summed E-state index contributed by atoms with van der Waals surface area (Å²) < 4.78 is 28.6. The Morgan fingerprint density at radius 1 is 1.24 bits per heavy atom. The quantitative estimate of drug-likeness (QED) is 0.404. The summed E-state index contributed by atoms with van der Waals surface area (Å²) in [6, 6.07) is 5.11. The molecule has 10 heteroatoms. The Bertz CT molecular complexity index is 612. The van der Waals surface area contributed by atoms with Gasteiger partial charge in [-0.25, -0.2) is 9.99 Å². The molecule has 0 saturated carbocycles. The minimum absolute atomic E-state index is 0.274. The van der Waals surface area contributed by atoms with Crippen molar-refractivity contribution in [2.45, 2.75) is 23.9 Å². The molecule has 2 rings (SSSR count). The largest absolute Gasteiger partial charge is 0.329 e. The highest BCUT2D eigenvalue weighted by Gasteiger charge is 2.21. The van der Waals surface area contributed by atoms with Gasteiger partial charge in [-0.2, -0.15) is 0 Å². The van der Waals surface area contributed by atoms with Crippen molar-refractivity contribution in [1.29, 1.82) is 0 Å². The van der Waals surface area contributed by atoms with Crippen molar-refractivity contribution in [2.24, 2.45) is 0 Å². The van der Waals surface area contributed by atoms with E-state index in [9.17, 15) is 18.9 Å². The first-order chi connectivity index (χ1) is 9.85. The van der Waals surface area contributed by atoms with Crippen LogP contribution in [0.4, 0.5) is 0 Å². The van der Waals surface area contributed by atoms with Crippen molar-refractivity contribution in [3.8, 4) is 0 Å². The summed E-state index contributed by atoms with van der Waals surface area (Å²) >= 11 is 1.12. The van der Waals surface area contributed by atoms with Gasteiger partial charge in [-0.15, -0.1) is 0 Å². The second kappa shape index (κ2) is 6.50. The molecule has 118 valence electrons. The average Bonchev–Trinajstić information content (AvgIpc) is 2.83. The first kappa shape index (κ1) is 16.5. The summed E-state index contributed by atoms with van der Waals surface area (Å²) in [4.78, 5) is 7.30. The third kappa shape index (κ3) is 3.87. The van der Waals surface area contributed by atoms with Gasteiger partial charge in [0.05, 0.1) is 11.0 Å². The molecule has 1 aromatic carbocycles. The van der Waals surface area contributed by atoms with Crippen molar-refractivity contribution >= 4 is 33.9 Å². The number of fused-ring (bicyclic) bond motifs is 1. The zero-order chi connectivity index (χ0) is 15.6. The third-order valence-electron chi connectivity index (χ3n) is 2.85. The fourth-order valence-electron chi connectivity index (χ4n) is 1.77. The van der Waals surface area contributed by atoms with Crippen LogP contribution in [-0.4, -0.2) is 51.5 Å². The Kier molecular flexibility index (Phi) is 5.11. The summed E-state index contributed by atoms with van der Waals surface area (Å²) in [5.74, 6) is 0.